The first-order valence-electron chi connectivity index (χ1n) is 5.86. The van der Waals surface area contributed by atoms with Gasteiger partial charge in [-0.2, -0.15) is 0 Å². The molecule has 3 aliphatic rings. The summed E-state index contributed by atoms with van der Waals surface area (Å²) in [4.78, 5) is 9.12. The van der Waals surface area contributed by atoms with Gasteiger partial charge in [-0.05, 0) is 0 Å². The summed E-state index contributed by atoms with van der Waals surface area (Å²) >= 11 is 1.63. The molecule has 3 aliphatic heterocycles. The number of fused-ring (bicyclic) bond motifs is 3. The molecule has 0 radical (unpaired) electrons. The quantitative estimate of drug-likeness (QED) is 0.809. The fourth-order valence-electron chi connectivity index (χ4n) is 2.69. The minimum atomic E-state index is -0.269. The number of piperazine rings is 3. The molecule has 2 bridgehead atoms. The zero-order valence-electron chi connectivity index (χ0n) is 9.25. The first-order chi connectivity index (χ1) is 7.83. The van der Waals surface area contributed by atoms with Gasteiger partial charge in [-0.3, -0.25) is 9.80 Å². The van der Waals surface area contributed by atoms with Crippen LogP contribution in [0.1, 0.15) is 5.01 Å². The van der Waals surface area contributed by atoms with Crippen molar-refractivity contribution < 1.29 is 5.11 Å². The molecular formula is C11H17N3OS. The average Bonchev–Trinajstić information content (AvgIpc) is 2.83. The third kappa shape index (κ3) is 2.00. The van der Waals surface area contributed by atoms with Crippen molar-refractivity contribution in [1.82, 2.24) is 14.8 Å². The minimum Gasteiger partial charge on any atom is -0.391 e. The smallest absolute Gasteiger partial charge is 0.0951 e. The minimum absolute atomic E-state index is 0.269. The van der Waals surface area contributed by atoms with Gasteiger partial charge in [0.2, 0.25) is 0 Å². The molecule has 2 atom stereocenters. The second kappa shape index (κ2) is 4.41. The van der Waals surface area contributed by atoms with Crippen molar-refractivity contribution in [1.29, 1.82) is 0 Å². The predicted octanol–water partition coefficient (Wildman–Crippen LogP) is 0.0463. The molecule has 0 aliphatic carbocycles. The number of aromatic nitrogens is 1. The van der Waals surface area contributed by atoms with Crippen molar-refractivity contribution in [3.63, 3.8) is 0 Å². The molecule has 1 aromatic rings. The first-order valence-corrected chi connectivity index (χ1v) is 6.74. The lowest BCUT2D eigenvalue weighted by Gasteiger charge is -2.49. The fraction of sp³-hybridized carbons (Fsp3) is 0.727. The largest absolute Gasteiger partial charge is 0.391 e. The summed E-state index contributed by atoms with van der Waals surface area (Å²) < 4.78 is 0. The summed E-state index contributed by atoms with van der Waals surface area (Å²) in [5.41, 5.74) is 0. The van der Waals surface area contributed by atoms with Gasteiger partial charge in [0.15, 0.2) is 0 Å². The molecule has 0 saturated carbocycles. The number of thiazole rings is 1. The maximum Gasteiger partial charge on any atom is 0.0951 e. The van der Waals surface area contributed by atoms with E-state index in [1.165, 1.54) is 13.1 Å². The van der Waals surface area contributed by atoms with E-state index in [-0.39, 0.29) is 6.10 Å². The molecule has 0 aromatic carbocycles. The van der Waals surface area contributed by atoms with Crippen LogP contribution in [0, 0.1) is 0 Å². The SMILES string of the molecule is OC(Cc1nccs1)C1CN2CCN1CC2. The molecule has 0 amide bonds. The van der Waals surface area contributed by atoms with E-state index in [0.29, 0.717) is 12.5 Å². The Balaban J connectivity index is 1.64. The first kappa shape index (κ1) is 10.7. The molecule has 3 saturated heterocycles. The normalized spacial score (nSPS) is 35.2. The Morgan fingerprint density at radius 1 is 1.44 bits per heavy atom. The van der Waals surface area contributed by atoms with Crippen LogP contribution in [0.15, 0.2) is 11.6 Å². The zero-order chi connectivity index (χ0) is 11.0. The monoisotopic (exact) mass is 239 g/mol. The summed E-state index contributed by atoms with van der Waals surface area (Å²) in [6.45, 7) is 5.58. The number of rotatable bonds is 3. The molecule has 16 heavy (non-hydrogen) atoms. The maximum absolute atomic E-state index is 10.3. The summed E-state index contributed by atoms with van der Waals surface area (Å²) in [5.74, 6) is 0. The summed E-state index contributed by atoms with van der Waals surface area (Å²) in [6, 6.07) is 0.311. The molecule has 1 N–H and O–H groups in total. The molecular weight excluding hydrogens is 222 g/mol. The van der Waals surface area contributed by atoms with Crippen LogP contribution >= 0.6 is 11.3 Å². The molecule has 5 heteroatoms. The van der Waals surface area contributed by atoms with Crippen LogP contribution in [0.3, 0.4) is 0 Å². The van der Waals surface area contributed by atoms with E-state index >= 15 is 0 Å². The Bertz CT molecular complexity index is 335. The number of aliphatic hydroxyl groups is 1. The van der Waals surface area contributed by atoms with Crippen molar-refractivity contribution in [3.8, 4) is 0 Å². The van der Waals surface area contributed by atoms with Crippen molar-refractivity contribution in [2.45, 2.75) is 18.6 Å². The lowest BCUT2D eigenvalue weighted by Crippen LogP contribution is -2.64. The van der Waals surface area contributed by atoms with E-state index in [1.807, 2.05) is 11.6 Å². The molecule has 4 rings (SSSR count). The second-order valence-corrected chi connectivity index (χ2v) is 5.58. The standard InChI is InChI=1S/C11H17N3OS/c15-10(7-11-12-1-6-16-11)9-8-13-2-4-14(9)5-3-13/h1,6,9-10,15H,2-5,7-8H2. The van der Waals surface area contributed by atoms with Gasteiger partial charge in [0.05, 0.1) is 11.1 Å². The van der Waals surface area contributed by atoms with Crippen LogP contribution in [0.4, 0.5) is 0 Å². The highest BCUT2D eigenvalue weighted by molar-refractivity contribution is 7.09. The molecule has 4 nitrogen and oxygen atoms in total. The number of hydrogen-bond donors (Lipinski definition) is 1. The Morgan fingerprint density at radius 3 is 2.81 bits per heavy atom. The topological polar surface area (TPSA) is 39.6 Å². The predicted molar refractivity (Wildman–Crippen MR) is 63.6 cm³/mol. The number of hydrogen-bond acceptors (Lipinski definition) is 5. The Morgan fingerprint density at radius 2 is 2.25 bits per heavy atom. The van der Waals surface area contributed by atoms with Gasteiger partial charge in [-0.15, -0.1) is 11.3 Å². The van der Waals surface area contributed by atoms with Crippen LogP contribution in [-0.4, -0.2) is 64.8 Å². The van der Waals surface area contributed by atoms with E-state index in [2.05, 4.69) is 14.8 Å². The van der Waals surface area contributed by atoms with Gasteiger partial charge in [0.1, 0.15) is 0 Å². The number of aliphatic hydroxyl groups excluding tert-OH is 1. The van der Waals surface area contributed by atoms with Crippen LogP contribution in [0.2, 0.25) is 0 Å². The van der Waals surface area contributed by atoms with Gasteiger partial charge < -0.3 is 5.11 Å². The lowest BCUT2D eigenvalue weighted by molar-refractivity contribution is -0.0453. The van der Waals surface area contributed by atoms with E-state index in [1.54, 1.807) is 11.3 Å². The average molecular weight is 239 g/mol. The van der Waals surface area contributed by atoms with Gasteiger partial charge in [0.25, 0.3) is 0 Å². The summed E-state index contributed by atoms with van der Waals surface area (Å²) in [5, 5.41) is 13.3. The van der Waals surface area contributed by atoms with Crippen LogP contribution in [-0.2, 0) is 6.42 Å². The molecule has 3 fully saturated rings. The Kier molecular flexibility index (Phi) is 2.93. The summed E-state index contributed by atoms with van der Waals surface area (Å²) in [7, 11) is 0. The van der Waals surface area contributed by atoms with Crippen LogP contribution in [0.5, 0.6) is 0 Å². The second-order valence-electron chi connectivity index (χ2n) is 4.60. The van der Waals surface area contributed by atoms with E-state index in [9.17, 15) is 5.11 Å². The van der Waals surface area contributed by atoms with Crippen molar-refractivity contribution in [2.24, 2.45) is 0 Å². The highest BCUT2D eigenvalue weighted by Gasteiger charge is 2.36. The van der Waals surface area contributed by atoms with Crippen LogP contribution in [0.25, 0.3) is 0 Å². The van der Waals surface area contributed by atoms with Gasteiger partial charge in [0, 0.05) is 56.8 Å². The molecule has 0 spiro atoms. The highest BCUT2D eigenvalue weighted by atomic mass is 32.1. The molecule has 88 valence electrons. The van der Waals surface area contributed by atoms with E-state index in [4.69, 9.17) is 0 Å². The lowest BCUT2D eigenvalue weighted by atomic mass is 10.0. The molecule has 4 heterocycles. The van der Waals surface area contributed by atoms with E-state index < -0.39 is 0 Å². The molecule has 2 unspecified atom stereocenters. The molecule has 1 aromatic heterocycles. The third-order valence-corrected chi connectivity index (χ3v) is 4.43. The maximum atomic E-state index is 10.3. The fourth-order valence-corrected chi connectivity index (χ4v) is 3.36. The summed E-state index contributed by atoms with van der Waals surface area (Å²) in [6.07, 6.45) is 2.24. The van der Waals surface area contributed by atoms with Crippen LogP contribution < -0.4 is 0 Å². The van der Waals surface area contributed by atoms with Gasteiger partial charge in [-0.25, -0.2) is 4.98 Å². The highest BCUT2D eigenvalue weighted by Crippen LogP contribution is 2.20. The number of nitrogens with zero attached hydrogens (tertiary/aromatic N) is 3. The van der Waals surface area contributed by atoms with Crippen molar-refractivity contribution in [2.75, 3.05) is 32.7 Å². The van der Waals surface area contributed by atoms with Gasteiger partial charge >= 0.3 is 0 Å². The van der Waals surface area contributed by atoms with E-state index in [0.717, 1.165) is 24.6 Å². The Labute approximate surface area is 99.5 Å². The Hall–Kier alpha value is -0.490. The van der Waals surface area contributed by atoms with Crippen molar-refractivity contribution in [3.05, 3.63) is 16.6 Å². The van der Waals surface area contributed by atoms with Gasteiger partial charge in [-0.1, -0.05) is 0 Å². The third-order valence-electron chi connectivity index (χ3n) is 3.63. The zero-order valence-corrected chi connectivity index (χ0v) is 10.1. The van der Waals surface area contributed by atoms with Crippen molar-refractivity contribution >= 4 is 11.3 Å².